The van der Waals surface area contributed by atoms with Gasteiger partial charge in [-0.3, -0.25) is 4.79 Å². The molecule has 0 bridgehead atoms. The fourth-order valence-corrected chi connectivity index (χ4v) is 3.02. The zero-order valence-electron chi connectivity index (χ0n) is 14.1. The van der Waals surface area contributed by atoms with Gasteiger partial charge in [0.2, 0.25) is 0 Å². The summed E-state index contributed by atoms with van der Waals surface area (Å²) in [5, 5.41) is 2.82. The average Bonchev–Trinajstić information content (AvgIpc) is 2.56. The van der Waals surface area contributed by atoms with E-state index in [1.165, 1.54) is 49.1 Å². The first kappa shape index (κ1) is 18.2. The van der Waals surface area contributed by atoms with Crippen LogP contribution in [0, 0.1) is 0 Å². The van der Waals surface area contributed by atoms with Crippen LogP contribution < -0.4 is 5.32 Å². The molecule has 0 radical (unpaired) electrons. The van der Waals surface area contributed by atoms with Crippen LogP contribution in [0.5, 0.6) is 0 Å². The molecule has 128 valence electrons. The van der Waals surface area contributed by atoms with Crippen molar-refractivity contribution in [3.63, 3.8) is 0 Å². The summed E-state index contributed by atoms with van der Waals surface area (Å²) in [7, 11) is -3.25. The first-order valence-electron chi connectivity index (χ1n) is 8.10. The fraction of sp³-hybridized carbons (Fsp3) is 0.316. The van der Waals surface area contributed by atoms with Crippen molar-refractivity contribution < 1.29 is 13.2 Å². The van der Waals surface area contributed by atoms with Crippen molar-refractivity contribution in [3.8, 4) is 0 Å². The maximum Gasteiger partial charge on any atom is 0.255 e. The van der Waals surface area contributed by atoms with E-state index in [0.29, 0.717) is 5.56 Å². The van der Waals surface area contributed by atoms with Crippen molar-refractivity contribution in [1.29, 1.82) is 0 Å². The Bertz CT molecular complexity index is 778. The fourth-order valence-electron chi connectivity index (χ4n) is 2.39. The molecule has 0 heterocycles. The molecule has 24 heavy (non-hydrogen) atoms. The summed E-state index contributed by atoms with van der Waals surface area (Å²) in [5.74, 6) is -0.256. The van der Waals surface area contributed by atoms with E-state index in [1.54, 1.807) is 0 Å². The molecule has 5 heteroatoms. The minimum atomic E-state index is -3.25. The third kappa shape index (κ3) is 5.20. The van der Waals surface area contributed by atoms with Crippen LogP contribution in [0.15, 0.2) is 53.4 Å². The van der Waals surface area contributed by atoms with Crippen LogP contribution in [0.1, 0.15) is 42.1 Å². The van der Waals surface area contributed by atoms with E-state index in [0.717, 1.165) is 18.4 Å². The van der Waals surface area contributed by atoms with Crippen molar-refractivity contribution in [1.82, 2.24) is 0 Å². The van der Waals surface area contributed by atoms with E-state index in [-0.39, 0.29) is 10.8 Å². The van der Waals surface area contributed by atoms with Crippen molar-refractivity contribution in [3.05, 3.63) is 59.7 Å². The van der Waals surface area contributed by atoms with Crippen LogP contribution in [0.4, 0.5) is 5.69 Å². The van der Waals surface area contributed by atoms with Crippen molar-refractivity contribution in [2.75, 3.05) is 11.6 Å². The Labute approximate surface area is 143 Å². The SMILES string of the molecule is CCCCCc1ccc(NC(=O)c2ccc(S(C)(=O)=O)cc2)cc1. The van der Waals surface area contributed by atoms with Gasteiger partial charge in [-0.25, -0.2) is 8.42 Å². The molecule has 0 spiro atoms. The zero-order chi connectivity index (χ0) is 17.6. The Hall–Kier alpha value is -2.14. The Morgan fingerprint density at radius 1 is 0.958 bits per heavy atom. The van der Waals surface area contributed by atoms with Gasteiger partial charge in [0.15, 0.2) is 9.84 Å². The van der Waals surface area contributed by atoms with Gasteiger partial charge >= 0.3 is 0 Å². The molecule has 0 aliphatic heterocycles. The third-order valence-electron chi connectivity index (χ3n) is 3.83. The molecule has 0 aliphatic rings. The topological polar surface area (TPSA) is 63.2 Å². The Morgan fingerprint density at radius 3 is 2.12 bits per heavy atom. The lowest BCUT2D eigenvalue weighted by molar-refractivity contribution is 0.102. The van der Waals surface area contributed by atoms with Crippen molar-refractivity contribution in [2.24, 2.45) is 0 Å². The van der Waals surface area contributed by atoms with E-state index in [1.807, 2.05) is 24.3 Å². The van der Waals surface area contributed by atoms with Crippen LogP contribution in [-0.2, 0) is 16.3 Å². The van der Waals surface area contributed by atoms with Gasteiger partial charge in [-0.15, -0.1) is 0 Å². The second-order valence-electron chi connectivity index (χ2n) is 5.90. The van der Waals surface area contributed by atoms with Crippen LogP contribution >= 0.6 is 0 Å². The summed E-state index contributed by atoms with van der Waals surface area (Å²) in [6.45, 7) is 2.18. The smallest absolute Gasteiger partial charge is 0.255 e. The summed E-state index contributed by atoms with van der Waals surface area (Å²) >= 11 is 0. The van der Waals surface area contributed by atoms with Crippen LogP contribution in [0.25, 0.3) is 0 Å². The number of carbonyl (C=O) groups excluding carboxylic acids is 1. The van der Waals surface area contributed by atoms with Gasteiger partial charge in [0, 0.05) is 17.5 Å². The number of amides is 1. The Morgan fingerprint density at radius 2 is 1.58 bits per heavy atom. The highest BCUT2D eigenvalue weighted by Gasteiger charge is 2.10. The lowest BCUT2D eigenvalue weighted by atomic mass is 10.1. The molecule has 0 fully saturated rings. The molecular formula is C19H23NO3S. The highest BCUT2D eigenvalue weighted by atomic mass is 32.2. The molecule has 0 atom stereocenters. The quantitative estimate of drug-likeness (QED) is 0.769. The summed E-state index contributed by atoms with van der Waals surface area (Å²) in [5.41, 5.74) is 2.42. The molecule has 0 aromatic heterocycles. The normalized spacial score (nSPS) is 11.2. The average molecular weight is 345 g/mol. The molecular weight excluding hydrogens is 322 g/mol. The van der Waals surface area contributed by atoms with E-state index in [2.05, 4.69) is 12.2 Å². The Balaban J connectivity index is 1.99. The lowest BCUT2D eigenvalue weighted by Crippen LogP contribution is -2.12. The summed E-state index contributed by atoms with van der Waals surface area (Å²) in [6, 6.07) is 13.8. The molecule has 2 aromatic carbocycles. The zero-order valence-corrected chi connectivity index (χ0v) is 14.9. The molecule has 0 saturated carbocycles. The Kier molecular flexibility index (Phi) is 6.15. The van der Waals surface area contributed by atoms with Crippen LogP contribution in [-0.4, -0.2) is 20.6 Å². The van der Waals surface area contributed by atoms with Gasteiger partial charge in [0.1, 0.15) is 0 Å². The number of rotatable bonds is 7. The van der Waals surface area contributed by atoms with Gasteiger partial charge in [0.05, 0.1) is 4.90 Å². The molecule has 4 nitrogen and oxygen atoms in total. The largest absolute Gasteiger partial charge is 0.322 e. The predicted octanol–water partition coefficient (Wildman–Crippen LogP) is 4.08. The number of hydrogen-bond donors (Lipinski definition) is 1. The molecule has 0 unspecified atom stereocenters. The van der Waals surface area contributed by atoms with Crippen molar-refractivity contribution >= 4 is 21.4 Å². The molecule has 1 amide bonds. The van der Waals surface area contributed by atoms with Gasteiger partial charge in [-0.2, -0.15) is 0 Å². The number of benzene rings is 2. The molecule has 0 aliphatic carbocycles. The number of hydrogen-bond acceptors (Lipinski definition) is 3. The van der Waals surface area contributed by atoms with Gasteiger partial charge < -0.3 is 5.32 Å². The second-order valence-corrected chi connectivity index (χ2v) is 7.92. The monoisotopic (exact) mass is 345 g/mol. The molecule has 2 rings (SSSR count). The minimum Gasteiger partial charge on any atom is -0.322 e. The molecule has 2 aromatic rings. The maximum absolute atomic E-state index is 12.2. The minimum absolute atomic E-state index is 0.204. The lowest BCUT2D eigenvalue weighted by Gasteiger charge is -2.07. The molecule has 0 saturated heterocycles. The van der Waals surface area contributed by atoms with Gasteiger partial charge in [-0.05, 0) is 54.8 Å². The number of carbonyl (C=O) groups is 1. The van der Waals surface area contributed by atoms with Crippen LogP contribution in [0.2, 0.25) is 0 Å². The van der Waals surface area contributed by atoms with E-state index in [4.69, 9.17) is 0 Å². The summed E-state index contributed by atoms with van der Waals surface area (Å²) in [6.07, 6.45) is 5.79. The number of sulfone groups is 1. The summed E-state index contributed by atoms with van der Waals surface area (Å²) in [4.78, 5) is 12.4. The van der Waals surface area contributed by atoms with Gasteiger partial charge in [0.25, 0.3) is 5.91 Å². The number of nitrogens with one attached hydrogen (secondary N) is 1. The standard InChI is InChI=1S/C19H23NO3S/c1-3-4-5-6-15-7-11-17(12-8-15)20-19(21)16-9-13-18(14-10-16)24(2,22)23/h7-14H,3-6H2,1-2H3,(H,20,21). The highest BCUT2D eigenvalue weighted by Crippen LogP contribution is 2.15. The molecule has 1 N–H and O–H groups in total. The number of anilines is 1. The second kappa shape index (κ2) is 8.11. The van der Waals surface area contributed by atoms with Gasteiger partial charge in [-0.1, -0.05) is 31.9 Å². The first-order chi connectivity index (χ1) is 11.4. The van der Waals surface area contributed by atoms with E-state index in [9.17, 15) is 13.2 Å². The predicted molar refractivity (Wildman–Crippen MR) is 97.2 cm³/mol. The highest BCUT2D eigenvalue weighted by molar-refractivity contribution is 7.90. The maximum atomic E-state index is 12.2. The number of aryl methyl sites for hydroxylation is 1. The first-order valence-corrected chi connectivity index (χ1v) is 9.99. The summed E-state index contributed by atoms with van der Waals surface area (Å²) < 4.78 is 22.9. The van der Waals surface area contributed by atoms with E-state index >= 15 is 0 Å². The van der Waals surface area contributed by atoms with E-state index < -0.39 is 9.84 Å². The van der Waals surface area contributed by atoms with Crippen LogP contribution in [0.3, 0.4) is 0 Å². The van der Waals surface area contributed by atoms with Crippen molar-refractivity contribution in [2.45, 2.75) is 37.5 Å². The third-order valence-corrected chi connectivity index (χ3v) is 4.95. The number of unbranched alkanes of at least 4 members (excludes halogenated alkanes) is 2.